The Morgan fingerprint density at radius 3 is 2.74 bits per heavy atom. The van der Waals surface area contributed by atoms with Crippen molar-refractivity contribution in [2.45, 2.75) is 69.8 Å². The van der Waals surface area contributed by atoms with Gasteiger partial charge in [-0.25, -0.2) is 0 Å². The summed E-state index contributed by atoms with van der Waals surface area (Å²) in [6.07, 6.45) is 4.38. The minimum Gasteiger partial charge on any atom is -0.392 e. The first-order valence-corrected chi connectivity index (χ1v) is 9.71. The molecule has 1 aromatic rings. The number of piperidine rings is 1. The van der Waals surface area contributed by atoms with E-state index in [0.29, 0.717) is 25.1 Å². The third-order valence-electron chi connectivity index (χ3n) is 5.89. The SMILES string of the molecule is O=C1CCC(N2Cc3cc(CNC4CCCCC4O)ccc3C2=O)C(=O)N1. The van der Waals surface area contributed by atoms with Gasteiger partial charge >= 0.3 is 0 Å². The second-order valence-electron chi connectivity index (χ2n) is 7.73. The summed E-state index contributed by atoms with van der Waals surface area (Å²) in [7, 11) is 0. The average molecular weight is 371 g/mol. The Balaban J connectivity index is 1.43. The van der Waals surface area contributed by atoms with Crippen LogP contribution in [0.1, 0.15) is 60.0 Å². The zero-order valence-corrected chi connectivity index (χ0v) is 15.2. The molecule has 0 spiro atoms. The van der Waals surface area contributed by atoms with E-state index in [1.807, 2.05) is 18.2 Å². The fourth-order valence-corrected chi connectivity index (χ4v) is 4.34. The smallest absolute Gasteiger partial charge is 0.255 e. The largest absolute Gasteiger partial charge is 0.392 e. The molecular weight excluding hydrogens is 346 g/mol. The lowest BCUT2D eigenvalue weighted by molar-refractivity contribution is -0.136. The van der Waals surface area contributed by atoms with Crippen LogP contribution in [0.4, 0.5) is 0 Å². The second kappa shape index (κ2) is 7.40. The average Bonchev–Trinajstić information content (AvgIpc) is 2.97. The van der Waals surface area contributed by atoms with E-state index in [2.05, 4.69) is 10.6 Å². The van der Waals surface area contributed by atoms with Crippen molar-refractivity contribution in [3.63, 3.8) is 0 Å². The van der Waals surface area contributed by atoms with Crippen molar-refractivity contribution in [2.75, 3.05) is 0 Å². The lowest BCUT2D eigenvalue weighted by Gasteiger charge is -2.29. The van der Waals surface area contributed by atoms with E-state index in [0.717, 1.165) is 36.8 Å². The van der Waals surface area contributed by atoms with Gasteiger partial charge in [0.05, 0.1) is 6.10 Å². The number of benzene rings is 1. The van der Waals surface area contributed by atoms with Crippen molar-refractivity contribution in [1.29, 1.82) is 0 Å². The highest BCUT2D eigenvalue weighted by Crippen LogP contribution is 2.28. The molecule has 0 aromatic heterocycles. The normalized spacial score (nSPS) is 28.3. The number of amides is 3. The predicted octanol–water partition coefficient (Wildman–Crippen LogP) is 0.841. The maximum absolute atomic E-state index is 12.7. The fraction of sp³-hybridized carbons (Fsp3) is 0.550. The first-order valence-electron chi connectivity index (χ1n) is 9.71. The van der Waals surface area contributed by atoms with Gasteiger partial charge in [0, 0.05) is 31.1 Å². The van der Waals surface area contributed by atoms with Crippen LogP contribution in [0.15, 0.2) is 18.2 Å². The molecule has 4 rings (SSSR count). The van der Waals surface area contributed by atoms with E-state index < -0.39 is 6.04 Å². The van der Waals surface area contributed by atoms with Gasteiger partial charge in [-0.1, -0.05) is 25.0 Å². The number of hydrogen-bond acceptors (Lipinski definition) is 5. The molecule has 1 saturated heterocycles. The number of aliphatic hydroxyl groups is 1. The molecule has 0 bridgehead atoms. The Labute approximate surface area is 158 Å². The summed E-state index contributed by atoms with van der Waals surface area (Å²) >= 11 is 0. The van der Waals surface area contributed by atoms with Crippen LogP contribution < -0.4 is 10.6 Å². The highest BCUT2D eigenvalue weighted by Gasteiger charge is 2.39. The van der Waals surface area contributed by atoms with E-state index in [1.165, 1.54) is 0 Å². The molecule has 3 amide bonds. The fourth-order valence-electron chi connectivity index (χ4n) is 4.34. The number of imide groups is 1. The topological polar surface area (TPSA) is 98.7 Å². The van der Waals surface area contributed by atoms with E-state index in [9.17, 15) is 19.5 Å². The molecule has 2 heterocycles. The van der Waals surface area contributed by atoms with Gasteiger partial charge in [0.1, 0.15) is 6.04 Å². The van der Waals surface area contributed by atoms with Crippen molar-refractivity contribution in [3.8, 4) is 0 Å². The second-order valence-corrected chi connectivity index (χ2v) is 7.73. The minimum atomic E-state index is -0.582. The molecule has 3 atom stereocenters. The zero-order valence-electron chi connectivity index (χ0n) is 15.2. The molecule has 144 valence electrons. The molecule has 2 aliphatic heterocycles. The summed E-state index contributed by atoms with van der Waals surface area (Å²) in [5, 5.41) is 15.8. The zero-order chi connectivity index (χ0) is 19.0. The summed E-state index contributed by atoms with van der Waals surface area (Å²) in [5.41, 5.74) is 2.60. The number of rotatable bonds is 4. The lowest BCUT2D eigenvalue weighted by atomic mass is 9.92. The van der Waals surface area contributed by atoms with E-state index in [1.54, 1.807) is 4.90 Å². The van der Waals surface area contributed by atoms with Crippen molar-refractivity contribution < 1.29 is 19.5 Å². The number of fused-ring (bicyclic) bond motifs is 1. The molecule has 2 fully saturated rings. The molecule has 1 aromatic carbocycles. The number of carbonyl (C=O) groups excluding carboxylic acids is 3. The third-order valence-corrected chi connectivity index (χ3v) is 5.89. The number of nitrogens with one attached hydrogen (secondary N) is 2. The summed E-state index contributed by atoms with van der Waals surface area (Å²) in [5.74, 6) is -0.819. The van der Waals surface area contributed by atoms with E-state index in [-0.39, 0.29) is 36.3 Å². The molecule has 7 heteroatoms. The number of aliphatic hydroxyl groups excluding tert-OH is 1. The van der Waals surface area contributed by atoms with Crippen LogP contribution in [0.25, 0.3) is 0 Å². The summed E-state index contributed by atoms with van der Waals surface area (Å²) in [4.78, 5) is 37.7. The van der Waals surface area contributed by atoms with Crippen molar-refractivity contribution in [2.24, 2.45) is 0 Å². The van der Waals surface area contributed by atoms with Gasteiger partial charge < -0.3 is 15.3 Å². The van der Waals surface area contributed by atoms with E-state index >= 15 is 0 Å². The van der Waals surface area contributed by atoms with Crippen LogP contribution in [0.5, 0.6) is 0 Å². The Kier molecular flexibility index (Phi) is 4.97. The van der Waals surface area contributed by atoms with Crippen LogP contribution in [0.2, 0.25) is 0 Å². The number of hydrogen-bond donors (Lipinski definition) is 3. The maximum atomic E-state index is 12.7. The molecule has 0 radical (unpaired) electrons. The van der Waals surface area contributed by atoms with E-state index in [4.69, 9.17) is 0 Å². The minimum absolute atomic E-state index is 0.119. The van der Waals surface area contributed by atoms with Gasteiger partial charge in [-0.05, 0) is 36.5 Å². The van der Waals surface area contributed by atoms with Crippen LogP contribution in [-0.2, 0) is 22.7 Å². The highest BCUT2D eigenvalue weighted by atomic mass is 16.3. The summed E-state index contributed by atoms with van der Waals surface area (Å²) in [6, 6.07) is 5.28. The molecule has 27 heavy (non-hydrogen) atoms. The molecule has 3 aliphatic rings. The van der Waals surface area contributed by atoms with Crippen LogP contribution in [0.3, 0.4) is 0 Å². The molecular formula is C20H25N3O4. The quantitative estimate of drug-likeness (QED) is 0.682. The van der Waals surface area contributed by atoms with Gasteiger partial charge in [-0.2, -0.15) is 0 Å². The van der Waals surface area contributed by atoms with Gasteiger partial charge in [-0.15, -0.1) is 0 Å². The van der Waals surface area contributed by atoms with Crippen molar-refractivity contribution >= 4 is 17.7 Å². The summed E-state index contributed by atoms with van der Waals surface area (Å²) < 4.78 is 0. The first kappa shape index (κ1) is 18.1. The van der Waals surface area contributed by atoms with Gasteiger partial charge in [0.2, 0.25) is 11.8 Å². The van der Waals surface area contributed by atoms with Crippen molar-refractivity contribution in [3.05, 3.63) is 34.9 Å². The Hall–Kier alpha value is -2.25. The molecule has 1 aliphatic carbocycles. The Morgan fingerprint density at radius 2 is 1.96 bits per heavy atom. The van der Waals surface area contributed by atoms with Gasteiger partial charge in [0.15, 0.2) is 0 Å². The van der Waals surface area contributed by atoms with Gasteiger partial charge in [-0.3, -0.25) is 19.7 Å². The monoisotopic (exact) mass is 371 g/mol. The molecule has 1 saturated carbocycles. The predicted molar refractivity (Wildman–Crippen MR) is 97.6 cm³/mol. The molecule has 3 N–H and O–H groups in total. The first-order chi connectivity index (χ1) is 13.0. The summed E-state index contributed by atoms with van der Waals surface area (Å²) in [6.45, 7) is 1.03. The van der Waals surface area contributed by atoms with Crippen molar-refractivity contribution in [1.82, 2.24) is 15.5 Å². The maximum Gasteiger partial charge on any atom is 0.255 e. The number of carbonyl (C=O) groups is 3. The van der Waals surface area contributed by atoms with Crippen LogP contribution in [-0.4, -0.2) is 45.9 Å². The molecule has 7 nitrogen and oxygen atoms in total. The standard InChI is InChI=1S/C20H25N3O4/c24-17-4-2-1-3-15(17)21-10-12-5-6-14-13(9-12)11-23(20(14)27)16-7-8-18(25)22-19(16)26/h5-6,9,15-17,21,24H,1-4,7-8,10-11H2,(H,22,25,26). The number of nitrogens with zero attached hydrogens (tertiary/aromatic N) is 1. The van der Waals surface area contributed by atoms with Crippen LogP contribution in [0, 0.1) is 0 Å². The third kappa shape index (κ3) is 3.61. The Bertz CT molecular complexity index is 778. The Morgan fingerprint density at radius 1 is 1.15 bits per heavy atom. The van der Waals surface area contributed by atoms with Crippen LogP contribution >= 0.6 is 0 Å². The highest BCUT2D eigenvalue weighted by molar-refractivity contribution is 6.05. The van der Waals surface area contributed by atoms with Gasteiger partial charge in [0.25, 0.3) is 5.91 Å². The lowest BCUT2D eigenvalue weighted by Crippen LogP contribution is -2.52. The molecule has 3 unspecified atom stereocenters.